The largest absolute Gasteiger partial charge is 0.356 e. The molecule has 4 heteroatoms. The van der Waals surface area contributed by atoms with Crippen LogP contribution >= 0.6 is 11.6 Å². The molecule has 0 atom stereocenters. The van der Waals surface area contributed by atoms with Gasteiger partial charge in [0.1, 0.15) is 0 Å². The van der Waals surface area contributed by atoms with Gasteiger partial charge in [-0.2, -0.15) is 0 Å². The maximum atomic E-state index is 11.4. The Kier molecular flexibility index (Phi) is 8.44. The summed E-state index contributed by atoms with van der Waals surface area (Å²) in [6.45, 7) is 6.72. The first-order valence-corrected chi connectivity index (χ1v) is 7.81. The Morgan fingerprint density at radius 3 is 2.67 bits per heavy atom. The Labute approximate surface area is 116 Å². The van der Waals surface area contributed by atoms with Gasteiger partial charge in [-0.15, -0.1) is 11.6 Å². The van der Waals surface area contributed by atoms with Crippen LogP contribution in [-0.2, 0) is 4.79 Å². The summed E-state index contributed by atoms with van der Waals surface area (Å²) in [5, 5.41) is 2.98. The van der Waals surface area contributed by atoms with Crippen LogP contribution in [0, 0.1) is 5.92 Å². The van der Waals surface area contributed by atoms with Crippen molar-refractivity contribution >= 4 is 17.5 Å². The lowest BCUT2D eigenvalue weighted by Gasteiger charge is -2.30. The highest BCUT2D eigenvalue weighted by atomic mass is 35.5. The summed E-state index contributed by atoms with van der Waals surface area (Å²) in [7, 11) is 0. The second-order valence-corrected chi connectivity index (χ2v) is 5.75. The van der Waals surface area contributed by atoms with E-state index in [-0.39, 0.29) is 5.91 Å². The number of unbranched alkanes of at least 4 members (excludes halogenated alkanes) is 1. The van der Waals surface area contributed by atoms with Gasteiger partial charge in [-0.25, -0.2) is 0 Å². The van der Waals surface area contributed by atoms with Crippen LogP contribution in [0.1, 0.15) is 45.4 Å². The molecule has 0 aromatic carbocycles. The average Bonchev–Trinajstić information content (AvgIpc) is 2.37. The number of carbonyl (C=O) groups is 1. The van der Waals surface area contributed by atoms with Gasteiger partial charge in [0.05, 0.1) is 0 Å². The second kappa shape index (κ2) is 9.62. The van der Waals surface area contributed by atoms with Gasteiger partial charge >= 0.3 is 0 Å². The maximum Gasteiger partial charge on any atom is 0.219 e. The molecule has 1 amide bonds. The van der Waals surface area contributed by atoms with Gasteiger partial charge in [0, 0.05) is 18.8 Å². The summed E-state index contributed by atoms with van der Waals surface area (Å²) in [4.78, 5) is 14.0. The third-order valence-corrected chi connectivity index (χ3v) is 3.90. The number of carbonyl (C=O) groups excluding carboxylic acids is 1. The molecule has 3 nitrogen and oxygen atoms in total. The smallest absolute Gasteiger partial charge is 0.219 e. The second-order valence-electron chi connectivity index (χ2n) is 5.37. The Morgan fingerprint density at radius 1 is 1.28 bits per heavy atom. The molecule has 0 saturated carbocycles. The highest BCUT2D eigenvalue weighted by Gasteiger charge is 2.14. The maximum absolute atomic E-state index is 11.4. The quantitative estimate of drug-likeness (QED) is 0.545. The van der Waals surface area contributed by atoms with E-state index in [2.05, 4.69) is 17.1 Å². The molecule has 0 unspecified atom stereocenters. The van der Waals surface area contributed by atoms with Crippen LogP contribution in [0.3, 0.4) is 0 Å². The third kappa shape index (κ3) is 7.22. The summed E-state index contributed by atoms with van der Waals surface area (Å²) >= 11 is 5.57. The summed E-state index contributed by atoms with van der Waals surface area (Å²) in [5.74, 6) is 1.72. The van der Waals surface area contributed by atoms with Gasteiger partial charge in [0.15, 0.2) is 0 Å². The van der Waals surface area contributed by atoms with E-state index < -0.39 is 0 Å². The van der Waals surface area contributed by atoms with Crippen LogP contribution in [0.2, 0.25) is 0 Å². The van der Waals surface area contributed by atoms with E-state index in [0.29, 0.717) is 12.3 Å². The first-order chi connectivity index (χ1) is 8.72. The number of hydrogen-bond donors (Lipinski definition) is 1. The third-order valence-electron chi connectivity index (χ3n) is 3.64. The minimum absolute atomic E-state index is 0.174. The first kappa shape index (κ1) is 15.8. The van der Waals surface area contributed by atoms with Crippen molar-refractivity contribution in [3.63, 3.8) is 0 Å². The van der Waals surface area contributed by atoms with Gasteiger partial charge in [-0.05, 0) is 57.7 Å². The molecule has 1 rings (SSSR count). The fourth-order valence-corrected chi connectivity index (χ4v) is 2.47. The molecule has 106 valence electrons. The van der Waals surface area contributed by atoms with E-state index in [1.165, 1.54) is 25.9 Å². The molecule has 1 fully saturated rings. The fraction of sp³-hybridized carbons (Fsp3) is 0.929. The SMILES string of the molecule is CC1CCN(CCCNC(=O)CCCCCl)CC1. The first-order valence-electron chi connectivity index (χ1n) is 7.27. The van der Waals surface area contributed by atoms with E-state index in [9.17, 15) is 4.79 Å². The zero-order chi connectivity index (χ0) is 13.2. The number of alkyl halides is 1. The summed E-state index contributed by atoms with van der Waals surface area (Å²) in [6, 6.07) is 0. The molecule has 0 spiro atoms. The minimum Gasteiger partial charge on any atom is -0.356 e. The summed E-state index contributed by atoms with van der Waals surface area (Å²) < 4.78 is 0. The van der Waals surface area contributed by atoms with E-state index in [1.54, 1.807) is 0 Å². The minimum atomic E-state index is 0.174. The Bertz CT molecular complexity index is 228. The van der Waals surface area contributed by atoms with Crippen molar-refractivity contribution < 1.29 is 4.79 Å². The summed E-state index contributed by atoms with van der Waals surface area (Å²) in [6.07, 6.45) is 6.17. The molecule has 1 saturated heterocycles. The monoisotopic (exact) mass is 274 g/mol. The molecular weight excluding hydrogens is 248 g/mol. The standard InChI is InChI=1S/C14H27ClN2O/c1-13-6-11-17(12-7-13)10-4-9-16-14(18)5-2-3-8-15/h13H,2-12H2,1H3,(H,16,18). The average molecular weight is 275 g/mol. The zero-order valence-corrected chi connectivity index (χ0v) is 12.3. The van der Waals surface area contributed by atoms with Crippen molar-refractivity contribution in [1.29, 1.82) is 0 Å². The van der Waals surface area contributed by atoms with Gasteiger partial charge in [-0.1, -0.05) is 6.92 Å². The molecule has 0 aromatic rings. The van der Waals surface area contributed by atoms with Crippen molar-refractivity contribution in [1.82, 2.24) is 10.2 Å². The van der Waals surface area contributed by atoms with Gasteiger partial charge < -0.3 is 10.2 Å². The van der Waals surface area contributed by atoms with Gasteiger partial charge in [-0.3, -0.25) is 4.79 Å². The number of rotatable bonds is 8. The fourth-order valence-electron chi connectivity index (χ4n) is 2.28. The van der Waals surface area contributed by atoms with E-state index in [0.717, 1.165) is 38.3 Å². The van der Waals surface area contributed by atoms with Crippen molar-refractivity contribution in [2.45, 2.75) is 45.4 Å². The van der Waals surface area contributed by atoms with Crippen LogP contribution in [0.15, 0.2) is 0 Å². The lowest BCUT2D eigenvalue weighted by molar-refractivity contribution is -0.121. The molecule has 18 heavy (non-hydrogen) atoms. The van der Waals surface area contributed by atoms with Crippen molar-refractivity contribution in [3.05, 3.63) is 0 Å². The lowest BCUT2D eigenvalue weighted by Crippen LogP contribution is -2.35. The molecule has 1 aliphatic rings. The number of hydrogen-bond acceptors (Lipinski definition) is 2. The molecule has 1 N–H and O–H groups in total. The van der Waals surface area contributed by atoms with Crippen molar-refractivity contribution in [2.75, 3.05) is 32.1 Å². The number of likely N-dealkylation sites (tertiary alicyclic amines) is 1. The molecular formula is C14H27ClN2O. The number of nitrogens with zero attached hydrogens (tertiary/aromatic N) is 1. The molecule has 0 aliphatic carbocycles. The van der Waals surface area contributed by atoms with E-state index in [4.69, 9.17) is 11.6 Å². The highest BCUT2D eigenvalue weighted by molar-refractivity contribution is 6.17. The molecule has 0 radical (unpaired) electrons. The molecule has 1 aliphatic heterocycles. The normalized spacial score (nSPS) is 17.9. The highest BCUT2D eigenvalue weighted by Crippen LogP contribution is 2.15. The molecule has 0 bridgehead atoms. The lowest BCUT2D eigenvalue weighted by atomic mass is 9.99. The topological polar surface area (TPSA) is 32.3 Å². The molecule has 1 heterocycles. The van der Waals surface area contributed by atoms with Crippen molar-refractivity contribution in [3.8, 4) is 0 Å². The number of halogens is 1. The van der Waals surface area contributed by atoms with Crippen LogP contribution in [0.4, 0.5) is 0 Å². The van der Waals surface area contributed by atoms with Crippen LogP contribution in [0.25, 0.3) is 0 Å². The van der Waals surface area contributed by atoms with Gasteiger partial charge in [0.2, 0.25) is 5.91 Å². The number of nitrogens with one attached hydrogen (secondary N) is 1. The molecule has 0 aromatic heterocycles. The van der Waals surface area contributed by atoms with Crippen LogP contribution < -0.4 is 5.32 Å². The Hall–Kier alpha value is -0.280. The Balaban J connectivity index is 1.93. The summed E-state index contributed by atoms with van der Waals surface area (Å²) in [5.41, 5.74) is 0. The Morgan fingerprint density at radius 2 is 2.00 bits per heavy atom. The van der Waals surface area contributed by atoms with E-state index >= 15 is 0 Å². The number of piperidine rings is 1. The van der Waals surface area contributed by atoms with Crippen LogP contribution in [-0.4, -0.2) is 42.9 Å². The van der Waals surface area contributed by atoms with Crippen LogP contribution in [0.5, 0.6) is 0 Å². The van der Waals surface area contributed by atoms with E-state index in [1.807, 2.05) is 0 Å². The number of amides is 1. The predicted molar refractivity (Wildman–Crippen MR) is 77.0 cm³/mol. The zero-order valence-electron chi connectivity index (χ0n) is 11.6. The predicted octanol–water partition coefficient (Wildman–Crippen LogP) is 2.63. The van der Waals surface area contributed by atoms with Gasteiger partial charge in [0.25, 0.3) is 0 Å². The van der Waals surface area contributed by atoms with Crippen molar-refractivity contribution in [2.24, 2.45) is 5.92 Å².